The number of hydrogen-bond donors (Lipinski definition) is 1. The van der Waals surface area contributed by atoms with Crippen molar-refractivity contribution in [2.24, 2.45) is 5.92 Å². The van der Waals surface area contributed by atoms with Crippen molar-refractivity contribution in [1.29, 1.82) is 0 Å². The zero-order valence-electron chi connectivity index (χ0n) is 18.9. The Kier molecular flexibility index (Phi) is 8.30. The van der Waals surface area contributed by atoms with E-state index in [0.717, 1.165) is 46.2 Å². The first-order valence-corrected chi connectivity index (χ1v) is 12.9. The van der Waals surface area contributed by atoms with Crippen LogP contribution < -0.4 is 10.2 Å². The number of rotatable bonds is 9. The Morgan fingerprint density at radius 2 is 1.79 bits per heavy atom. The Morgan fingerprint density at radius 1 is 1.06 bits per heavy atom. The van der Waals surface area contributed by atoms with Crippen LogP contribution in [0.5, 0.6) is 0 Å². The fourth-order valence-corrected chi connectivity index (χ4v) is 5.17. The lowest BCUT2D eigenvalue weighted by Crippen LogP contribution is -2.38. The van der Waals surface area contributed by atoms with Crippen LogP contribution in [0.25, 0.3) is 0 Å². The van der Waals surface area contributed by atoms with Crippen LogP contribution in [0.15, 0.2) is 69.5 Å². The van der Waals surface area contributed by atoms with Gasteiger partial charge in [-0.1, -0.05) is 67.7 Å². The highest BCUT2D eigenvalue weighted by Crippen LogP contribution is 2.33. The number of amides is 1. The number of thioether (sulfide) groups is 1. The minimum atomic E-state index is -0.0619. The molecule has 2 aromatic carbocycles. The maximum Gasteiger partial charge on any atom is 0.234 e. The van der Waals surface area contributed by atoms with Gasteiger partial charge in [-0.05, 0) is 30.2 Å². The molecule has 7 nitrogen and oxygen atoms in total. The van der Waals surface area contributed by atoms with E-state index in [-0.39, 0.29) is 11.7 Å². The molecular formula is C24H29N5O2S2. The summed E-state index contributed by atoms with van der Waals surface area (Å²) in [7, 11) is 0. The van der Waals surface area contributed by atoms with E-state index >= 15 is 0 Å². The maximum absolute atomic E-state index is 12.8. The third-order valence-electron chi connectivity index (χ3n) is 5.00. The van der Waals surface area contributed by atoms with Gasteiger partial charge in [0, 0.05) is 29.4 Å². The van der Waals surface area contributed by atoms with E-state index in [1.54, 1.807) is 11.8 Å². The van der Waals surface area contributed by atoms with Gasteiger partial charge in [0.05, 0.1) is 24.7 Å². The summed E-state index contributed by atoms with van der Waals surface area (Å²) in [5.74, 6) is 1.51. The molecule has 1 fully saturated rings. The van der Waals surface area contributed by atoms with E-state index < -0.39 is 0 Å². The van der Waals surface area contributed by atoms with Crippen LogP contribution in [-0.4, -0.2) is 52.7 Å². The second kappa shape index (κ2) is 11.6. The molecule has 1 aromatic heterocycles. The van der Waals surface area contributed by atoms with E-state index in [2.05, 4.69) is 51.0 Å². The number of ether oxygens (including phenoxy) is 1. The minimum absolute atomic E-state index is 0.0619. The van der Waals surface area contributed by atoms with Crippen molar-refractivity contribution in [3.05, 3.63) is 54.6 Å². The molecular weight excluding hydrogens is 454 g/mol. The second-order valence-electron chi connectivity index (χ2n) is 8.13. The highest BCUT2D eigenvalue weighted by atomic mass is 32.2. The second-order valence-corrected chi connectivity index (χ2v) is 10.2. The number of benzene rings is 2. The third-order valence-corrected chi connectivity index (χ3v) is 7.05. The molecule has 2 heterocycles. The van der Waals surface area contributed by atoms with Crippen LogP contribution in [0, 0.1) is 5.92 Å². The van der Waals surface area contributed by atoms with Crippen LogP contribution in [0.3, 0.4) is 0 Å². The summed E-state index contributed by atoms with van der Waals surface area (Å²) >= 11 is 3.06. The van der Waals surface area contributed by atoms with Crippen LogP contribution in [0.1, 0.15) is 13.8 Å². The lowest BCUT2D eigenvalue weighted by molar-refractivity contribution is -0.113. The molecule has 4 rings (SSSR count). The first-order valence-electron chi connectivity index (χ1n) is 11.1. The molecule has 174 valence electrons. The number of aromatic nitrogens is 3. The van der Waals surface area contributed by atoms with E-state index in [1.807, 2.05) is 42.5 Å². The number of anilines is 2. The summed E-state index contributed by atoms with van der Waals surface area (Å²) < 4.78 is 7.60. The minimum Gasteiger partial charge on any atom is -0.378 e. The molecule has 0 aliphatic carbocycles. The van der Waals surface area contributed by atoms with Crippen LogP contribution >= 0.6 is 23.5 Å². The molecule has 1 aliphatic rings. The zero-order chi connectivity index (χ0) is 23.0. The van der Waals surface area contributed by atoms with Gasteiger partial charge in [0.25, 0.3) is 0 Å². The van der Waals surface area contributed by atoms with Gasteiger partial charge in [-0.3, -0.25) is 9.36 Å². The SMILES string of the molecule is CC(C)Cn1c(SCC(=O)Nc2ccccc2Sc2ccccc2)nnc1N1CCOCC1. The fraction of sp³-hybridized carbons (Fsp3) is 0.375. The third kappa shape index (κ3) is 6.52. The van der Waals surface area contributed by atoms with Crippen LogP contribution in [0.2, 0.25) is 0 Å². The fourth-order valence-electron chi connectivity index (χ4n) is 3.50. The smallest absolute Gasteiger partial charge is 0.234 e. The van der Waals surface area contributed by atoms with Gasteiger partial charge in [-0.2, -0.15) is 0 Å². The molecule has 1 amide bonds. The van der Waals surface area contributed by atoms with Gasteiger partial charge in [-0.15, -0.1) is 10.2 Å². The Hall–Kier alpha value is -2.49. The van der Waals surface area contributed by atoms with Crippen molar-refractivity contribution < 1.29 is 9.53 Å². The Labute approximate surface area is 203 Å². The summed E-state index contributed by atoms with van der Waals surface area (Å²) in [5.41, 5.74) is 0.814. The quantitative estimate of drug-likeness (QED) is 0.444. The number of hydrogen-bond acceptors (Lipinski definition) is 7. The van der Waals surface area contributed by atoms with Crippen molar-refractivity contribution in [2.45, 2.75) is 35.3 Å². The van der Waals surface area contributed by atoms with E-state index in [4.69, 9.17) is 4.74 Å². The first kappa shape index (κ1) is 23.7. The van der Waals surface area contributed by atoms with Gasteiger partial charge in [0.1, 0.15) is 0 Å². The number of morpholine rings is 1. The molecule has 0 spiro atoms. The predicted molar refractivity (Wildman–Crippen MR) is 134 cm³/mol. The Morgan fingerprint density at radius 3 is 2.55 bits per heavy atom. The standard InChI is InChI=1S/C24H29N5O2S2/c1-18(2)16-29-23(28-12-14-31-15-13-28)26-27-24(29)32-17-22(30)25-20-10-6-7-11-21(20)33-19-8-4-3-5-9-19/h3-11,18H,12-17H2,1-2H3,(H,25,30). The first-order chi connectivity index (χ1) is 16.1. The Bertz CT molecular complexity index is 1050. The normalized spacial score (nSPS) is 14.0. The number of nitrogens with one attached hydrogen (secondary N) is 1. The highest BCUT2D eigenvalue weighted by molar-refractivity contribution is 8.00. The molecule has 1 aliphatic heterocycles. The van der Waals surface area contributed by atoms with Crippen molar-refractivity contribution in [3.8, 4) is 0 Å². The molecule has 1 N–H and O–H groups in total. The van der Waals surface area contributed by atoms with Crippen molar-refractivity contribution >= 4 is 41.1 Å². The van der Waals surface area contributed by atoms with Crippen molar-refractivity contribution in [3.63, 3.8) is 0 Å². The van der Waals surface area contributed by atoms with Gasteiger partial charge in [0.2, 0.25) is 11.9 Å². The van der Waals surface area contributed by atoms with Crippen LogP contribution in [-0.2, 0) is 16.1 Å². The van der Waals surface area contributed by atoms with Gasteiger partial charge in [-0.25, -0.2) is 0 Å². The summed E-state index contributed by atoms with van der Waals surface area (Å²) in [4.78, 5) is 17.2. The van der Waals surface area contributed by atoms with E-state index in [1.165, 1.54) is 11.8 Å². The maximum atomic E-state index is 12.8. The Balaban J connectivity index is 1.42. The molecule has 33 heavy (non-hydrogen) atoms. The topological polar surface area (TPSA) is 72.3 Å². The van der Waals surface area contributed by atoms with Gasteiger partial charge in [0.15, 0.2) is 5.16 Å². The average molecular weight is 484 g/mol. The molecule has 0 unspecified atom stereocenters. The molecule has 0 radical (unpaired) electrons. The molecule has 9 heteroatoms. The zero-order valence-corrected chi connectivity index (χ0v) is 20.6. The van der Waals surface area contributed by atoms with Gasteiger partial charge < -0.3 is 15.0 Å². The monoisotopic (exact) mass is 483 g/mol. The number of nitrogens with zero attached hydrogens (tertiary/aromatic N) is 4. The van der Waals surface area contributed by atoms with Crippen LogP contribution in [0.4, 0.5) is 11.6 Å². The summed E-state index contributed by atoms with van der Waals surface area (Å²) in [6.45, 7) is 8.14. The largest absolute Gasteiger partial charge is 0.378 e. The molecule has 0 saturated carbocycles. The number of carbonyl (C=O) groups is 1. The lowest BCUT2D eigenvalue weighted by Gasteiger charge is -2.28. The molecule has 0 atom stereocenters. The predicted octanol–water partition coefficient (Wildman–Crippen LogP) is 4.65. The average Bonchev–Trinajstić information content (AvgIpc) is 3.22. The van der Waals surface area contributed by atoms with Crippen molar-refractivity contribution in [2.75, 3.05) is 42.3 Å². The molecule has 0 bridgehead atoms. The molecule has 1 saturated heterocycles. The molecule has 3 aromatic rings. The lowest BCUT2D eigenvalue weighted by atomic mass is 10.2. The summed E-state index contributed by atoms with van der Waals surface area (Å²) in [6.07, 6.45) is 0. The van der Waals surface area contributed by atoms with E-state index in [0.29, 0.717) is 19.1 Å². The number of para-hydroxylation sites is 1. The highest BCUT2D eigenvalue weighted by Gasteiger charge is 2.22. The van der Waals surface area contributed by atoms with E-state index in [9.17, 15) is 4.79 Å². The summed E-state index contributed by atoms with van der Waals surface area (Å²) in [6, 6.07) is 18.0. The summed E-state index contributed by atoms with van der Waals surface area (Å²) in [5, 5.41) is 12.7. The van der Waals surface area contributed by atoms with Crippen molar-refractivity contribution in [1.82, 2.24) is 14.8 Å². The van der Waals surface area contributed by atoms with Gasteiger partial charge >= 0.3 is 0 Å². The number of carbonyl (C=O) groups excluding carboxylic acids is 1.